The van der Waals surface area contributed by atoms with E-state index < -0.39 is 0 Å². The fourth-order valence-electron chi connectivity index (χ4n) is 2.37. The monoisotopic (exact) mass is 459 g/mol. The molecule has 0 unspecified atom stereocenters. The number of fused-ring (bicyclic) bond motifs is 1. The van der Waals surface area contributed by atoms with E-state index in [1.807, 2.05) is 24.3 Å². The second-order valence-electron chi connectivity index (χ2n) is 5.70. The van der Waals surface area contributed by atoms with Crippen molar-refractivity contribution in [1.82, 2.24) is 20.6 Å². The lowest BCUT2D eigenvalue weighted by Gasteiger charge is -2.11. The lowest BCUT2D eigenvalue weighted by molar-refractivity contribution is 0.129. The molecule has 0 aliphatic heterocycles. The largest absolute Gasteiger partial charge is 0.381 e. The molecule has 6 nitrogen and oxygen atoms in total. The van der Waals surface area contributed by atoms with E-state index in [4.69, 9.17) is 4.74 Å². The third-order valence-electron chi connectivity index (χ3n) is 3.72. The van der Waals surface area contributed by atoms with E-state index >= 15 is 0 Å². The fraction of sp³-hybridized carbons (Fsp3) is 0.556. The third-order valence-corrected chi connectivity index (χ3v) is 3.72. The number of rotatable bonds is 10. The van der Waals surface area contributed by atoms with Gasteiger partial charge < -0.3 is 20.4 Å². The van der Waals surface area contributed by atoms with E-state index in [0.29, 0.717) is 0 Å². The van der Waals surface area contributed by atoms with Gasteiger partial charge in [-0.2, -0.15) is 0 Å². The normalized spacial score (nSPS) is 11.4. The van der Waals surface area contributed by atoms with Gasteiger partial charge >= 0.3 is 0 Å². The molecule has 3 N–H and O–H groups in total. The SMILES string of the molecule is CCCCOCCCNC(=NC)NCCc1nc2ccccc2[nH]1.I. The zero-order valence-corrected chi connectivity index (χ0v) is 17.5. The first-order valence-electron chi connectivity index (χ1n) is 8.79. The maximum absolute atomic E-state index is 5.54. The number of aromatic nitrogens is 2. The van der Waals surface area contributed by atoms with Crippen LogP contribution in [0.15, 0.2) is 29.3 Å². The number of para-hydroxylation sites is 2. The van der Waals surface area contributed by atoms with Gasteiger partial charge in [-0.05, 0) is 25.0 Å². The van der Waals surface area contributed by atoms with Crippen LogP contribution in [-0.2, 0) is 11.2 Å². The molecule has 0 aliphatic carbocycles. The van der Waals surface area contributed by atoms with Gasteiger partial charge in [-0.3, -0.25) is 4.99 Å². The lowest BCUT2D eigenvalue weighted by atomic mass is 10.3. The van der Waals surface area contributed by atoms with Crippen LogP contribution < -0.4 is 10.6 Å². The molecule has 0 amide bonds. The first-order chi connectivity index (χ1) is 11.8. The molecule has 2 aromatic rings. The van der Waals surface area contributed by atoms with Crippen LogP contribution in [0.5, 0.6) is 0 Å². The lowest BCUT2D eigenvalue weighted by Crippen LogP contribution is -2.39. The van der Waals surface area contributed by atoms with Crippen LogP contribution in [0.25, 0.3) is 11.0 Å². The van der Waals surface area contributed by atoms with Crippen molar-refractivity contribution in [2.75, 3.05) is 33.4 Å². The van der Waals surface area contributed by atoms with Gasteiger partial charge in [0.05, 0.1) is 11.0 Å². The van der Waals surface area contributed by atoms with Gasteiger partial charge in [0.25, 0.3) is 0 Å². The van der Waals surface area contributed by atoms with E-state index in [1.165, 1.54) is 6.42 Å². The molecule has 140 valence electrons. The standard InChI is InChI=1S/C18H29N5O.HI/c1-3-4-13-24-14-7-11-20-18(19-2)21-12-10-17-22-15-8-5-6-9-16(15)23-17;/h5-6,8-9H,3-4,7,10-14H2,1-2H3,(H,22,23)(H2,19,20,21);1H. The minimum absolute atomic E-state index is 0. The van der Waals surface area contributed by atoms with Crippen LogP contribution in [0.2, 0.25) is 0 Å². The molecule has 0 atom stereocenters. The van der Waals surface area contributed by atoms with Crippen molar-refractivity contribution in [3.05, 3.63) is 30.1 Å². The number of hydrogen-bond acceptors (Lipinski definition) is 3. The smallest absolute Gasteiger partial charge is 0.190 e. The van der Waals surface area contributed by atoms with Crippen molar-refractivity contribution < 1.29 is 4.74 Å². The van der Waals surface area contributed by atoms with Crippen LogP contribution in [0.3, 0.4) is 0 Å². The molecule has 1 heterocycles. The highest BCUT2D eigenvalue weighted by Crippen LogP contribution is 2.10. The fourth-order valence-corrected chi connectivity index (χ4v) is 2.37. The number of halogens is 1. The zero-order chi connectivity index (χ0) is 17.0. The van der Waals surface area contributed by atoms with E-state index in [0.717, 1.165) is 68.4 Å². The van der Waals surface area contributed by atoms with Crippen LogP contribution in [-0.4, -0.2) is 49.3 Å². The van der Waals surface area contributed by atoms with Gasteiger partial charge in [-0.15, -0.1) is 24.0 Å². The Labute approximate surface area is 167 Å². The van der Waals surface area contributed by atoms with Crippen molar-refractivity contribution in [2.24, 2.45) is 4.99 Å². The second kappa shape index (κ2) is 12.9. The summed E-state index contributed by atoms with van der Waals surface area (Å²) in [4.78, 5) is 12.1. The van der Waals surface area contributed by atoms with Crippen molar-refractivity contribution in [3.8, 4) is 0 Å². The van der Waals surface area contributed by atoms with Crippen LogP contribution in [0.1, 0.15) is 32.0 Å². The first-order valence-corrected chi connectivity index (χ1v) is 8.79. The van der Waals surface area contributed by atoms with Gasteiger partial charge in [0, 0.05) is 39.8 Å². The highest BCUT2D eigenvalue weighted by molar-refractivity contribution is 14.0. The maximum Gasteiger partial charge on any atom is 0.190 e. The van der Waals surface area contributed by atoms with Crippen molar-refractivity contribution >= 4 is 41.0 Å². The second-order valence-corrected chi connectivity index (χ2v) is 5.70. The average Bonchev–Trinajstić information content (AvgIpc) is 3.02. The van der Waals surface area contributed by atoms with E-state index in [-0.39, 0.29) is 24.0 Å². The molecule has 2 rings (SSSR count). The summed E-state index contributed by atoms with van der Waals surface area (Å²) in [6.07, 6.45) is 4.13. The zero-order valence-electron chi connectivity index (χ0n) is 15.2. The molecule has 0 fully saturated rings. The van der Waals surface area contributed by atoms with Gasteiger partial charge in [0.15, 0.2) is 5.96 Å². The summed E-state index contributed by atoms with van der Waals surface area (Å²) in [5.41, 5.74) is 2.09. The predicted molar refractivity (Wildman–Crippen MR) is 115 cm³/mol. The number of H-pyrrole nitrogens is 1. The number of unbranched alkanes of at least 4 members (excludes halogenated alkanes) is 1. The third kappa shape index (κ3) is 8.04. The molecule has 1 aromatic carbocycles. The first kappa shape index (κ1) is 21.7. The minimum Gasteiger partial charge on any atom is -0.381 e. The number of benzene rings is 1. The number of nitrogens with zero attached hydrogens (tertiary/aromatic N) is 2. The van der Waals surface area contributed by atoms with Crippen LogP contribution >= 0.6 is 24.0 Å². The van der Waals surface area contributed by atoms with Gasteiger partial charge in [0.2, 0.25) is 0 Å². The van der Waals surface area contributed by atoms with Gasteiger partial charge in [-0.25, -0.2) is 4.98 Å². The molecular weight excluding hydrogens is 429 g/mol. The summed E-state index contributed by atoms with van der Waals surface area (Å²) in [6.45, 7) is 5.47. The molecule has 7 heteroatoms. The molecule has 0 aliphatic rings. The van der Waals surface area contributed by atoms with Crippen molar-refractivity contribution in [2.45, 2.75) is 32.6 Å². The molecule has 0 saturated carbocycles. The molecular formula is C18H30IN5O. The number of imidazole rings is 1. The van der Waals surface area contributed by atoms with E-state index in [2.05, 4.69) is 32.5 Å². The Morgan fingerprint density at radius 1 is 1.16 bits per heavy atom. The Bertz CT molecular complexity index is 596. The van der Waals surface area contributed by atoms with Crippen LogP contribution in [0.4, 0.5) is 0 Å². The summed E-state index contributed by atoms with van der Waals surface area (Å²) in [5, 5.41) is 6.61. The summed E-state index contributed by atoms with van der Waals surface area (Å²) in [7, 11) is 1.79. The summed E-state index contributed by atoms with van der Waals surface area (Å²) in [5.74, 6) is 1.81. The Balaban J connectivity index is 0.00000312. The van der Waals surface area contributed by atoms with Gasteiger partial charge in [-0.1, -0.05) is 25.5 Å². The molecule has 25 heavy (non-hydrogen) atoms. The molecule has 0 bridgehead atoms. The van der Waals surface area contributed by atoms with Crippen molar-refractivity contribution in [1.29, 1.82) is 0 Å². The van der Waals surface area contributed by atoms with E-state index in [9.17, 15) is 0 Å². The topological polar surface area (TPSA) is 74.3 Å². The number of guanidine groups is 1. The molecule has 0 spiro atoms. The molecule has 1 aromatic heterocycles. The Kier molecular flexibility index (Phi) is 11.2. The predicted octanol–water partition coefficient (Wildman–Crippen LogP) is 3.10. The Hall–Kier alpha value is -1.35. The summed E-state index contributed by atoms with van der Waals surface area (Å²) in [6, 6.07) is 8.08. The average molecular weight is 459 g/mol. The number of nitrogens with one attached hydrogen (secondary N) is 3. The number of aromatic amines is 1. The van der Waals surface area contributed by atoms with Gasteiger partial charge in [0.1, 0.15) is 5.82 Å². The molecule has 0 saturated heterocycles. The molecule has 0 radical (unpaired) electrons. The highest BCUT2D eigenvalue weighted by atomic mass is 127. The van der Waals surface area contributed by atoms with Crippen LogP contribution in [0, 0.1) is 0 Å². The number of hydrogen-bond donors (Lipinski definition) is 3. The van der Waals surface area contributed by atoms with Crippen molar-refractivity contribution in [3.63, 3.8) is 0 Å². The summed E-state index contributed by atoms with van der Waals surface area (Å²) >= 11 is 0. The Morgan fingerprint density at radius 3 is 2.68 bits per heavy atom. The highest BCUT2D eigenvalue weighted by Gasteiger charge is 2.02. The summed E-state index contributed by atoms with van der Waals surface area (Å²) < 4.78 is 5.54. The maximum atomic E-state index is 5.54. The van der Waals surface area contributed by atoms with E-state index in [1.54, 1.807) is 7.05 Å². The quantitative estimate of drug-likeness (QED) is 0.221. The minimum atomic E-state index is 0. The Morgan fingerprint density at radius 2 is 1.92 bits per heavy atom. The number of aliphatic imine (C=N–C) groups is 1. The number of ether oxygens (including phenoxy) is 1.